The Kier molecular flexibility index (Phi) is 7.53. The van der Waals surface area contributed by atoms with E-state index in [4.69, 9.17) is 21.1 Å². The van der Waals surface area contributed by atoms with E-state index < -0.39 is 0 Å². The number of anilines is 1. The highest BCUT2D eigenvalue weighted by atomic mass is 35.5. The first-order valence-corrected chi connectivity index (χ1v) is 11.5. The zero-order valence-corrected chi connectivity index (χ0v) is 19.8. The molecule has 0 aliphatic carbocycles. The highest BCUT2D eigenvalue weighted by Crippen LogP contribution is 2.34. The molecule has 0 unspecified atom stereocenters. The predicted octanol–water partition coefficient (Wildman–Crippen LogP) is 5.67. The van der Waals surface area contributed by atoms with Gasteiger partial charge in [-0.1, -0.05) is 48.0 Å². The fourth-order valence-electron chi connectivity index (χ4n) is 4.39. The van der Waals surface area contributed by atoms with Crippen LogP contribution in [0.15, 0.2) is 72.8 Å². The molecule has 172 valence electrons. The molecule has 0 aromatic heterocycles. The van der Waals surface area contributed by atoms with Crippen molar-refractivity contribution in [3.05, 3.63) is 88.9 Å². The molecule has 3 aromatic carbocycles. The summed E-state index contributed by atoms with van der Waals surface area (Å²) in [7, 11) is 3.22. The van der Waals surface area contributed by atoms with Crippen molar-refractivity contribution >= 4 is 23.2 Å². The molecule has 0 N–H and O–H groups in total. The van der Waals surface area contributed by atoms with E-state index in [9.17, 15) is 4.79 Å². The predicted molar refractivity (Wildman–Crippen MR) is 133 cm³/mol. The number of ether oxygens (including phenoxy) is 2. The second kappa shape index (κ2) is 10.7. The fourth-order valence-corrected chi connectivity index (χ4v) is 4.59. The lowest BCUT2D eigenvalue weighted by atomic mass is 10.00. The van der Waals surface area contributed by atoms with Gasteiger partial charge in [0.05, 0.1) is 14.2 Å². The van der Waals surface area contributed by atoms with Crippen LogP contribution in [-0.2, 0) is 6.54 Å². The third-order valence-electron chi connectivity index (χ3n) is 6.16. The summed E-state index contributed by atoms with van der Waals surface area (Å²) in [6, 6.07) is 23.2. The first-order valence-electron chi connectivity index (χ1n) is 11.2. The van der Waals surface area contributed by atoms with Gasteiger partial charge < -0.3 is 14.4 Å². The zero-order valence-electron chi connectivity index (χ0n) is 19.0. The Bertz CT molecular complexity index is 1080. The topological polar surface area (TPSA) is 42.0 Å². The Morgan fingerprint density at radius 3 is 2.27 bits per heavy atom. The van der Waals surface area contributed by atoms with E-state index in [1.165, 1.54) is 0 Å². The van der Waals surface area contributed by atoms with Crippen molar-refractivity contribution in [2.45, 2.75) is 25.4 Å². The number of hydrogen-bond acceptors (Lipinski definition) is 4. The van der Waals surface area contributed by atoms with Crippen molar-refractivity contribution in [3.8, 4) is 11.5 Å². The summed E-state index contributed by atoms with van der Waals surface area (Å²) in [6.07, 6.45) is 1.74. The maximum Gasteiger partial charge on any atom is 0.258 e. The second-order valence-corrected chi connectivity index (χ2v) is 8.59. The Hall–Kier alpha value is -3.02. The molecule has 1 aliphatic rings. The smallest absolute Gasteiger partial charge is 0.258 e. The van der Waals surface area contributed by atoms with Crippen LogP contribution in [-0.4, -0.2) is 44.2 Å². The molecule has 0 saturated carbocycles. The van der Waals surface area contributed by atoms with Crippen LogP contribution in [0.25, 0.3) is 0 Å². The summed E-state index contributed by atoms with van der Waals surface area (Å²) < 4.78 is 10.9. The van der Waals surface area contributed by atoms with Gasteiger partial charge >= 0.3 is 0 Å². The normalized spacial score (nSPS) is 14.6. The molecule has 0 atom stereocenters. The Balaban J connectivity index is 1.57. The van der Waals surface area contributed by atoms with E-state index in [-0.39, 0.29) is 11.9 Å². The van der Waals surface area contributed by atoms with Gasteiger partial charge in [0.1, 0.15) is 0 Å². The molecule has 1 aliphatic heterocycles. The van der Waals surface area contributed by atoms with Crippen LogP contribution in [0.1, 0.15) is 28.8 Å². The largest absolute Gasteiger partial charge is 0.493 e. The van der Waals surface area contributed by atoms with E-state index in [0.717, 1.165) is 48.7 Å². The number of carbonyl (C=O) groups excluding carboxylic acids is 1. The first kappa shape index (κ1) is 23.1. The number of carbonyl (C=O) groups is 1. The van der Waals surface area contributed by atoms with Gasteiger partial charge in [-0.3, -0.25) is 9.69 Å². The highest BCUT2D eigenvalue weighted by Gasteiger charge is 2.30. The van der Waals surface area contributed by atoms with Crippen molar-refractivity contribution in [1.29, 1.82) is 0 Å². The average molecular weight is 465 g/mol. The zero-order chi connectivity index (χ0) is 23.2. The molecular formula is C27H29ClN2O3. The number of amides is 1. The standard InChI is InChI=1S/C27H29ClN2O3/c1-32-25-13-12-23(18-26(25)33-2)30(27(31)20-8-4-3-5-9-20)22-14-16-29(17-15-22)19-21-10-6-7-11-24(21)28/h3-13,18,22H,14-17,19H2,1-2H3. The van der Waals surface area contributed by atoms with Gasteiger partial charge in [-0.2, -0.15) is 0 Å². The quantitative estimate of drug-likeness (QED) is 0.452. The molecule has 0 spiro atoms. The number of likely N-dealkylation sites (tertiary alicyclic amines) is 1. The van der Waals surface area contributed by atoms with Crippen molar-refractivity contribution in [1.82, 2.24) is 4.90 Å². The monoisotopic (exact) mass is 464 g/mol. The molecule has 1 amide bonds. The lowest BCUT2D eigenvalue weighted by Gasteiger charge is -2.39. The minimum Gasteiger partial charge on any atom is -0.493 e. The Morgan fingerprint density at radius 1 is 0.939 bits per heavy atom. The number of benzene rings is 3. The van der Waals surface area contributed by atoms with Crippen LogP contribution in [0.4, 0.5) is 5.69 Å². The van der Waals surface area contributed by atoms with E-state index in [0.29, 0.717) is 17.1 Å². The molecular weight excluding hydrogens is 436 g/mol. The van der Waals surface area contributed by atoms with Gasteiger partial charge in [-0.05, 0) is 48.7 Å². The maximum absolute atomic E-state index is 13.6. The van der Waals surface area contributed by atoms with E-state index in [2.05, 4.69) is 11.0 Å². The number of halogens is 1. The lowest BCUT2D eigenvalue weighted by Crippen LogP contribution is -2.47. The van der Waals surface area contributed by atoms with Crippen LogP contribution in [0.5, 0.6) is 11.5 Å². The summed E-state index contributed by atoms with van der Waals surface area (Å²) in [4.78, 5) is 18.0. The Morgan fingerprint density at radius 2 is 1.61 bits per heavy atom. The molecule has 4 rings (SSSR count). The highest BCUT2D eigenvalue weighted by molar-refractivity contribution is 6.31. The Labute approximate surface area is 200 Å². The van der Waals surface area contributed by atoms with Gasteiger partial charge in [0.25, 0.3) is 5.91 Å². The number of hydrogen-bond donors (Lipinski definition) is 0. The van der Waals surface area contributed by atoms with Crippen molar-refractivity contribution in [2.24, 2.45) is 0 Å². The van der Waals surface area contributed by atoms with Crippen LogP contribution >= 0.6 is 11.6 Å². The van der Waals surface area contributed by atoms with Crippen LogP contribution in [0, 0.1) is 0 Å². The van der Waals surface area contributed by atoms with E-state index in [1.807, 2.05) is 71.6 Å². The molecule has 1 heterocycles. The molecule has 0 radical (unpaired) electrons. The maximum atomic E-state index is 13.6. The molecule has 0 bridgehead atoms. The van der Waals surface area contributed by atoms with E-state index in [1.54, 1.807) is 14.2 Å². The second-order valence-electron chi connectivity index (χ2n) is 8.18. The molecule has 3 aromatic rings. The number of methoxy groups -OCH3 is 2. The number of piperidine rings is 1. The van der Waals surface area contributed by atoms with Gasteiger partial charge in [-0.15, -0.1) is 0 Å². The van der Waals surface area contributed by atoms with Gasteiger partial charge in [0.15, 0.2) is 11.5 Å². The molecule has 1 fully saturated rings. The third-order valence-corrected chi connectivity index (χ3v) is 6.53. The first-order chi connectivity index (χ1) is 16.1. The van der Waals surface area contributed by atoms with Gasteiger partial charge in [-0.25, -0.2) is 0 Å². The lowest BCUT2D eigenvalue weighted by molar-refractivity contribution is 0.0958. The van der Waals surface area contributed by atoms with Crippen LogP contribution in [0.2, 0.25) is 5.02 Å². The molecule has 1 saturated heterocycles. The number of rotatable bonds is 7. The van der Waals surface area contributed by atoms with Crippen LogP contribution in [0.3, 0.4) is 0 Å². The van der Waals surface area contributed by atoms with Gasteiger partial charge in [0.2, 0.25) is 0 Å². The van der Waals surface area contributed by atoms with Crippen molar-refractivity contribution in [2.75, 3.05) is 32.2 Å². The fraction of sp³-hybridized carbons (Fsp3) is 0.296. The minimum atomic E-state index is -0.00706. The summed E-state index contributed by atoms with van der Waals surface area (Å²) in [6.45, 7) is 2.60. The SMILES string of the molecule is COc1ccc(N(C(=O)c2ccccc2)C2CCN(Cc3ccccc3Cl)CC2)cc1OC. The minimum absolute atomic E-state index is 0.00706. The third kappa shape index (κ3) is 5.32. The van der Waals surface area contributed by atoms with Crippen molar-refractivity contribution < 1.29 is 14.3 Å². The van der Waals surface area contributed by atoms with E-state index >= 15 is 0 Å². The molecule has 33 heavy (non-hydrogen) atoms. The number of nitrogens with zero attached hydrogens (tertiary/aromatic N) is 2. The van der Waals surface area contributed by atoms with Gasteiger partial charge in [0, 0.05) is 48.0 Å². The summed E-state index contributed by atoms with van der Waals surface area (Å²) in [5, 5.41) is 0.797. The van der Waals surface area contributed by atoms with Crippen LogP contribution < -0.4 is 14.4 Å². The molecule has 6 heteroatoms. The summed E-state index contributed by atoms with van der Waals surface area (Å²) >= 11 is 6.36. The molecule has 5 nitrogen and oxygen atoms in total. The van der Waals surface area contributed by atoms with Crippen molar-refractivity contribution in [3.63, 3.8) is 0 Å². The summed E-state index contributed by atoms with van der Waals surface area (Å²) in [5.74, 6) is 1.24. The summed E-state index contributed by atoms with van der Waals surface area (Å²) in [5.41, 5.74) is 2.62. The average Bonchev–Trinajstić information content (AvgIpc) is 2.87.